The van der Waals surface area contributed by atoms with Crippen molar-refractivity contribution in [1.82, 2.24) is 5.32 Å². The first kappa shape index (κ1) is 19.1. The molecule has 1 rings (SSSR count). The van der Waals surface area contributed by atoms with E-state index in [1.807, 2.05) is 13.8 Å². The molecule has 0 saturated heterocycles. The number of halogens is 2. The SMILES string of the molecule is CCC(C)NC(=O)CCN(c1ccc(Cl)cc1Cl)S(C)(=O)=O. The number of rotatable bonds is 7. The van der Waals surface area contributed by atoms with Gasteiger partial charge in [-0.3, -0.25) is 9.10 Å². The number of amides is 1. The zero-order valence-electron chi connectivity index (χ0n) is 12.8. The average Bonchev–Trinajstić information content (AvgIpc) is 2.39. The van der Waals surface area contributed by atoms with Crippen LogP contribution >= 0.6 is 23.2 Å². The van der Waals surface area contributed by atoms with Crippen molar-refractivity contribution in [2.75, 3.05) is 17.1 Å². The monoisotopic (exact) mass is 366 g/mol. The molecule has 1 unspecified atom stereocenters. The molecule has 0 aliphatic carbocycles. The number of anilines is 1. The molecule has 5 nitrogen and oxygen atoms in total. The molecule has 1 amide bonds. The Morgan fingerprint density at radius 1 is 1.36 bits per heavy atom. The highest BCUT2D eigenvalue weighted by molar-refractivity contribution is 7.92. The average molecular weight is 367 g/mol. The standard InChI is InChI=1S/C14H20Cl2N2O3S/c1-4-10(2)17-14(19)7-8-18(22(3,20)21)13-6-5-11(15)9-12(13)16/h5-6,9-10H,4,7-8H2,1-3H3,(H,17,19). The molecular formula is C14H20Cl2N2O3S. The first-order valence-electron chi connectivity index (χ1n) is 6.87. The maximum Gasteiger partial charge on any atom is 0.232 e. The van der Waals surface area contributed by atoms with E-state index in [0.29, 0.717) is 10.7 Å². The van der Waals surface area contributed by atoms with Crippen LogP contribution in [-0.2, 0) is 14.8 Å². The topological polar surface area (TPSA) is 66.5 Å². The van der Waals surface area contributed by atoms with E-state index in [4.69, 9.17) is 23.2 Å². The van der Waals surface area contributed by atoms with Crippen LogP contribution in [0.25, 0.3) is 0 Å². The molecule has 124 valence electrons. The molecule has 0 fully saturated rings. The quantitative estimate of drug-likeness (QED) is 0.806. The van der Waals surface area contributed by atoms with Crippen molar-refractivity contribution in [2.24, 2.45) is 0 Å². The summed E-state index contributed by atoms with van der Waals surface area (Å²) in [6.07, 6.45) is 1.94. The molecule has 22 heavy (non-hydrogen) atoms. The molecule has 8 heteroatoms. The lowest BCUT2D eigenvalue weighted by Gasteiger charge is -2.23. The molecule has 0 aliphatic rings. The highest BCUT2D eigenvalue weighted by Gasteiger charge is 2.21. The number of nitrogens with one attached hydrogen (secondary N) is 1. The molecule has 0 aromatic heterocycles. The van der Waals surface area contributed by atoms with Gasteiger partial charge in [-0.2, -0.15) is 0 Å². The molecule has 1 aromatic rings. The van der Waals surface area contributed by atoms with E-state index in [9.17, 15) is 13.2 Å². The first-order chi connectivity index (χ1) is 10.1. The van der Waals surface area contributed by atoms with Crippen molar-refractivity contribution in [3.05, 3.63) is 28.2 Å². The maximum absolute atomic E-state index is 12.0. The van der Waals surface area contributed by atoms with Crippen LogP contribution in [0.4, 0.5) is 5.69 Å². The van der Waals surface area contributed by atoms with Gasteiger partial charge in [0.05, 0.1) is 17.0 Å². The normalized spacial score (nSPS) is 12.8. The number of nitrogens with zero attached hydrogens (tertiary/aromatic N) is 1. The first-order valence-corrected chi connectivity index (χ1v) is 9.47. The third-order valence-electron chi connectivity index (χ3n) is 3.14. The Labute approximate surface area is 141 Å². The number of hydrogen-bond acceptors (Lipinski definition) is 3. The van der Waals surface area contributed by atoms with Crippen LogP contribution < -0.4 is 9.62 Å². The molecular weight excluding hydrogens is 347 g/mol. The number of carbonyl (C=O) groups is 1. The third-order valence-corrected chi connectivity index (χ3v) is 4.86. The van der Waals surface area contributed by atoms with Gasteiger partial charge in [-0.15, -0.1) is 0 Å². The smallest absolute Gasteiger partial charge is 0.232 e. The van der Waals surface area contributed by atoms with Gasteiger partial charge in [-0.05, 0) is 31.5 Å². The number of benzene rings is 1. The minimum Gasteiger partial charge on any atom is -0.354 e. The molecule has 0 bridgehead atoms. The van der Waals surface area contributed by atoms with E-state index < -0.39 is 10.0 Å². The summed E-state index contributed by atoms with van der Waals surface area (Å²) in [5.74, 6) is -0.201. The molecule has 0 heterocycles. The van der Waals surface area contributed by atoms with Crippen molar-refractivity contribution in [2.45, 2.75) is 32.7 Å². The number of carbonyl (C=O) groups excluding carboxylic acids is 1. The summed E-state index contributed by atoms with van der Waals surface area (Å²) in [4.78, 5) is 11.8. The Hall–Kier alpha value is -0.980. The van der Waals surface area contributed by atoms with E-state index >= 15 is 0 Å². The lowest BCUT2D eigenvalue weighted by atomic mass is 10.2. The lowest BCUT2D eigenvalue weighted by molar-refractivity contribution is -0.121. The number of sulfonamides is 1. The van der Waals surface area contributed by atoms with Gasteiger partial charge < -0.3 is 5.32 Å². The number of hydrogen-bond donors (Lipinski definition) is 1. The van der Waals surface area contributed by atoms with Gasteiger partial charge in [0.25, 0.3) is 0 Å². The van der Waals surface area contributed by atoms with Crippen molar-refractivity contribution >= 4 is 44.8 Å². The largest absolute Gasteiger partial charge is 0.354 e. The van der Waals surface area contributed by atoms with Crippen LogP contribution in [0.15, 0.2) is 18.2 Å². The molecule has 1 atom stereocenters. The van der Waals surface area contributed by atoms with Gasteiger partial charge >= 0.3 is 0 Å². The maximum atomic E-state index is 12.0. The minimum atomic E-state index is -3.56. The zero-order valence-corrected chi connectivity index (χ0v) is 15.1. The van der Waals surface area contributed by atoms with Gasteiger partial charge in [-0.1, -0.05) is 30.1 Å². The van der Waals surface area contributed by atoms with Crippen LogP contribution in [0, 0.1) is 0 Å². The van der Waals surface area contributed by atoms with Gasteiger partial charge in [-0.25, -0.2) is 8.42 Å². The van der Waals surface area contributed by atoms with Gasteiger partial charge in [0.1, 0.15) is 0 Å². The summed E-state index contributed by atoms with van der Waals surface area (Å²) < 4.78 is 25.0. The van der Waals surface area contributed by atoms with E-state index in [1.165, 1.54) is 12.1 Å². The second-order valence-electron chi connectivity index (χ2n) is 5.06. The molecule has 1 aromatic carbocycles. The van der Waals surface area contributed by atoms with Gasteiger partial charge in [0, 0.05) is 24.0 Å². The predicted molar refractivity (Wildman–Crippen MR) is 91.2 cm³/mol. The van der Waals surface area contributed by atoms with Crippen LogP contribution in [0.3, 0.4) is 0 Å². The highest BCUT2D eigenvalue weighted by Crippen LogP contribution is 2.30. The molecule has 0 saturated carbocycles. The molecule has 0 radical (unpaired) electrons. The third kappa shape index (κ3) is 5.66. The Morgan fingerprint density at radius 3 is 2.50 bits per heavy atom. The van der Waals surface area contributed by atoms with Crippen molar-refractivity contribution in [3.63, 3.8) is 0 Å². The minimum absolute atomic E-state index is 0.0163. The lowest BCUT2D eigenvalue weighted by Crippen LogP contribution is -2.37. The summed E-state index contributed by atoms with van der Waals surface area (Å²) in [6, 6.07) is 4.60. The fraction of sp³-hybridized carbons (Fsp3) is 0.500. The van der Waals surface area contributed by atoms with Crippen molar-refractivity contribution in [3.8, 4) is 0 Å². The second kappa shape index (κ2) is 8.04. The molecule has 1 N–H and O–H groups in total. The Kier molecular flexibility index (Phi) is 6.97. The van der Waals surface area contributed by atoms with E-state index in [0.717, 1.165) is 17.0 Å². The van der Waals surface area contributed by atoms with Crippen LogP contribution in [0.5, 0.6) is 0 Å². The van der Waals surface area contributed by atoms with E-state index in [2.05, 4.69) is 5.32 Å². The van der Waals surface area contributed by atoms with E-state index in [-0.39, 0.29) is 29.9 Å². The summed E-state index contributed by atoms with van der Waals surface area (Å²) in [7, 11) is -3.56. The fourth-order valence-corrected chi connectivity index (χ4v) is 3.30. The summed E-state index contributed by atoms with van der Waals surface area (Å²) in [5, 5.41) is 3.43. The summed E-state index contributed by atoms with van der Waals surface area (Å²) in [6.45, 7) is 3.87. The van der Waals surface area contributed by atoms with Crippen LogP contribution in [0.1, 0.15) is 26.7 Å². The van der Waals surface area contributed by atoms with Crippen molar-refractivity contribution < 1.29 is 13.2 Å². The zero-order chi connectivity index (χ0) is 16.9. The Morgan fingerprint density at radius 2 is 2.00 bits per heavy atom. The van der Waals surface area contributed by atoms with E-state index in [1.54, 1.807) is 6.07 Å². The second-order valence-corrected chi connectivity index (χ2v) is 7.81. The molecule has 0 aliphatic heterocycles. The predicted octanol–water partition coefficient (Wildman–Crippen LogP) is 3.06. The van der Waals surface area contributed by atoms with Crippen LogP contribution in [-0.4, -0.2) is 33.2 Å². The molecule has 0 spiro atoms. The van der Waals surface area contributed by atoms with Gasteiger partial charge in [0.15, 0.2) is 0 Å². The summed E-state index contributed by atoms with van der Waals surface area (Å²) >= 11 is 11.9. The Bertz CT molecular complexity index is 635. The highest BCUT2D eigenvalue weighted by atomic mass is 35.5. The van der Waals surface area contributed by atoms with Crippen molar-refractivity contribution in [1.29, 1.82) is 0 Å². The van der Waals surface area contributed by atoms with Gasteiger partial charge in [0.2, 0.25) is 15.9 Å². The fourth-order valence-electron chi connectivity index (χ4n) is 1.80. The van der Waals surface area contributed by atoms with Crippen LogP contribution in [0.2, 0.25) is 10.0 Å². The Balaban J connectivity index is 2.90. The summed E-state index contributed by atoms with van der Waals surface area (Å²) in [5.41, 5.74) is 0.310.